The lowest BCUT2D eigenvalue weighted by Gasteiger charge is -2.24. The zero-order chi connectivity index (χ0) is 18.0. The van der Waals surface area contributed by atoms with Gasteiger partial charge >= 0.3 is 5.69 Å². The molecule has 7 nitrogen and oxygen atoms in total. The summed E-state index contributed by atoms with van der Waals surface area (Å²) in [4.78, 5) is 26.3. The van der Waals surface area contributed by atoms with Crippen LogP contribution in [-0.2, 0) is 14.1 Å². The van der Waals surface area contributed by atoms with E-state index < -0.39 is 11.2 Å². The fourth-order valence-corrected chi connectivity index (χ4v) is 2.33. The maximum absolute atomic E-state index is 12.1. The van der Waals surface area contributed by atoms with Crippen LogP contribution in [-0.4, -0.2) is 22.2 Å². The minimum absolute atomic E-state index is 0.0952. The van der Waals surface area contributed by atoms with Crippen LogP contribution < -0.4 is 21.5 Å². The maximum Gasteiger partial charge on any atom is 0.332 e. The zero-order valence-electron chi connectivity index (χ0n) is 14.5. The molecule has 2 aromatic rings. The summed E-state index contributed by atoms with van der Waals surface area (Å²) in [6.45, 7) is 4.16. The molecule has 0 aliphatic carbocycles. The molecule has 0 radical (unpaired) electrons. The van der Waals surface area contributed by atoms with E-state index in [-0.39, 0.29) is 11.4 Å². The molecule has 2 rings (SSSR count). The molecule has 24 heavy (non-hydrogen) atoms. The number of rotatable bonds is 4. The normalized spacial score (nSPS) is 10.5. The van der Waals surface area contributed by atoms with Crippen molar-refractivity contribution in [3.05, 3.63) is 50.7 Å². The SMILES string of the molecule is CC(C)N(C)c1cccc(Nc2c(C#N)c(=O)n(C)c(=O)n2C)c1. The molecule has 0 amide bonds. The summed E-state index contributed by atoms with van der Waals surface area (Å²) in [5.41, 5.74) is 0.486. The highest BCUT2D eigenvalue weighted by Crippen LogP contribution is 2.23. The third-order valence-electron chi connectivity index (χ3n) is 4.07. The number of nitriles is 1. The van der Waals surface area contributed by atoms with E-state index in [9.17, 15) is 14.9 Å². The first-order valence-electron chi connectivity index (χ1n) is 7.58. The van der Waals surface area contributed by atoms with Crippen LogP contribution in [0, 0.1) is 11.3 Å². The number of nitrogens with zero attached hydrogens (tertiary/aromatic N) is 4. The standard InChI is InChI=1S/C17H21N5O2/c1-11(2)20(3)13-8-6-7-12(9-13)19-15-14(10-18)16(23)22(5)17(24)21(15)4/h6-9,11,19H,1-5H3. The summed E-state index contributed by atoms with van der Waals surface area (Å²) in [6.07, 6.45) is 0. The monoisotopic (exact) mass is 327 g/mol. The molecule has 0 saturated heterocycles. The first-order chi connectivity index (χ1) is 11.3. The van der Waals surface area contributed by atoms with Crippen molar-refractivity contribution in [1.29, 1.82) is 5.26 Å². The van der Waals surface area contributed by atoms with Crippen molar-refractivity contribution in [2.45, 2.75) is 19.9 Å². The second-order valence-electron chi connectivity index (χ2n) is 5.92. The van der Waals surface area contributed by atoms with Crippen LogP contribution in [0.2, 0.25) is 0 Å². The minimum Gasteiger partial charge on any atom is -0.372 e. The summed E-state index contributed by atoms with van der Waals surface area (Å²) in [7, 11) is 4.86. The van der Waals surface area contributed by atoms with Gasteiger partial charge in [-0.1, -0.05) is 6.07 Å². The second-order valence-corrected chi connectivity index (χ2v) is 5.92. The first kappa shape index (κ1) is 17.3. The highest BCUT2D eigenvalue weighted by molar-refractivity contribution is 5.66. The predicted octanol–water partition coefficient (Wildman–Crippen LogP) is 1.54. The van der Waals surface area contributed by atoms with Gasteiger partial charge in [0.1, 0.15) is 11.9 Å². The van der Waals surface area contributed by atoms with Gasteiger partial charge in [0.25, 0.3) is 5.56 Å². The topological polar surface area (TPSA) is 83.1 Å². The molecular weight excluding hydrogens is 306 g/mol. The Hall–Kier alpha value is -3.01. The summed E-state index contributed by atoms with van der Waals surface area (Å²) in [5, 5.41) is 12.3. The number of hydrogen-bond acceptors (Lipinski definition) is 5. The maximum atomic E-state index is 12.1. The first-order valence-corrected chi connectivity index (χ1v) is 7.58. The predicted molar refractivity (Wildman–Crippen MR) is 94.9 cm³/mol. The molecule has 7 heteroatoms. The van der Waals surface area contributed by atoms with Gasteiger partial charge in [-0.2, -0.15) is 5.26 Å². The Morgan fingerprint density at radius 3 is 2.46 bits per heavy atom. The van der Waals surface area contributed by atoms with Crippen molar-refractivity contribution in [1.82, 2.24) is 9.13 Å². The van der Waals surface area contributed by atoms with Crippen LogP contribution >= 0.6 is 0 Å². The van der Waals surface area contributed by atoms with Gasteiger partial charge in [0.05, 0.1) is 0 Å². The molecule has 1 heterocycles. The third-order valence-corrected chi connectivity index (χ3v) is 4.07. The Morgan fingerprint density at radius 2 is 1.88 bits per heavy atom. The van der Waals surface area contributed by atoms with Gasteiger partial charge < -0.3 is 10.2 Å². The molecule has 0 saturated carbocycles. The van der Waals surface area contributed by atoms with Crippen molar-refractivity contribution < 1.29 is 0 Å². The molecule has 0 aliphatic rings. The van der Waals surface area contributed by atoms with Crippen LogP contribution in [0.1, 0.15) is 19.4 Å². The fourth-order valence-electron chi connectivity index (χ4n) is 2.33. The number of benzene rings is 1. The molecule has 1 aromatic heterocycles. The fraction of sp³-hybridized carbons (Fsp3) is 0.353. The molecule has 0 spiro atoms. The molecule has 0 atom stereocenters. The van der Waals surface area contributed by atoms with Crippen LogP contribution in [0.15, 0.2) is 33.9 Å². The van der Waals surface area contributed by atoms with E-state index in [1.165, 1.54) is 18.7 Å². The molecule has 0 aliphatic heterocycles. The van der Waals surface area contributed by atoms with Crippen LogP contribution in [0.5, 0.6) is 0 Å². The smallest absolute Gasteiger partial charge is 0.332 e. The van der Waals surface area contributed by atoms with Gasteiger partial charge in [-0.25, -0.2) is 4.79 Å². The van der Waals surface area contributed by atoms with Crippen LogP contribution in [0.3, 0.4) is 0 Å². The quantitative estimate of drug-likeness (QED) is 0.921. The van der Waals surface area contributed by atoms with Crippen molar-refractivity contribution in [3.63, 3.8) is 0 Å². The van der Waals surface area contributed by atoms with Crippen molar-refractivity contribution >= 4 is 17.2 Å². The molecule has 0 bridgehead atoms. The Balaban J connectivity index is 2.54. The van der Waals surface area contributed by atoms with Crippen molar-refractivity contribution in [3.8, 4) is 6.07 Å². The number of anilines is 3. The number of nitrogens with one attached hydrogen (secondary N) is 1. The van der Waals surface area contributed by atoms with E-state index in [4.69, 9.17) is 0 Å². The van der Waals surface area contributed by atoms with Gasteiger partial charge in [-0.15, -0.1) is 0 Å². The van der Waals surface area contributed by atoms with E-state index in [2.05, 4.69) is 24.1 Å². The molecule has 0 unspecified atom stereocenters. The lowest BCUT2D eigenvalue weighted by Crippen LogP contribution is -2.39. The van der Waals surface area contributed by atoms with Crippen molar-refractivity contribution in [2.75, 3.05) is 17.3 Å². The summed E-state index contributed by atoms with van der Waals surface area (Å²) in [5.74, 6) is 0.190. The number of hydrogen-bond donors (Lipinski definition) is 1. The van der Waals surface area contributed by atoms with Gasteiger partial charge in [0, 0.05) is 38.6 Å². The lowest BCUT2D eigenvalue weighted by molar-refractivity contribution is 0.689. The molecule has 126 valence electrons. The molecule has 1 N–H and O–H groups in total. The number of aromatic nitrogens is 2. The molecule has 1 aromatic carbocycles. The minimum atomic E-state index is -0.612. The van der Waals surface area contributed by atoms with Gasteiger partial charge in [0.15, 0.2) is 5.56 Å². The lowest BCUT2D eigenvalue weighted by atomic mass is 10.2. The summed E-state index contributed by atoms with van der Waals surface area (Å²) >= 11 is 0. The second kappa shape index (κ2) is 6.62. The average Bonchev–Trinajstić information content (AvgIpc) is 2.57. The van der Waals surface area contributed by atoms with E-state index in [0.717, 1.165) is 10.3 Å². The summed E-state index contributed by atoms with van der Waals surface area (Å²) in [6, 6.07) is 9.78. The molecule has 0 fully saturated rings. The Kier molecular flexibility index (Phi) is 4.79. The largest absolute Gasteiger partial charge is 0.372 e. The third kappa shape index (κ3) is 3.04. The highest BCUT2D eigenvalue weighted by Gasteiger charge is 2.16. The Morgan fingerprint density at radius 1 is 1.21 bits per heavy atom. The van der Waals surface area contributed by atoms with E-state index in [1.54, 1.807) is 0 Å². The van der Waals surface area contributed by atoms with E-state index in [0.29, 0.717) is 11.7 Å². The van der Waals surface area contributed by atoms with Crippen molar-refractivity contribution in [2.24, 2.45) is 14.1 Å². The highest BCUT2D eigenvalue weighted by atomic mass is 16.2. The van der Waals surface area contributed by atoms with E-state index in [1.807, 2.05) is 37.4 Å². The van der Waals surface area contributed by atoms with Gasteiger partial charge in [0.2, 0.25) is 0 Å². The van der Waals surface area contributed by atoms with Gasteiger partial charge in [-0.05, 0) is 32.0 Å². The summed E-state index contributed by atoms with van der Waals surface area (Å²) < 4.78 is 2.19. The van der Waals surface area contributed by atoms with Gasteiger partial charge in [-0.3, -0.25) is 13.9 Å². The van der Waals surface area contributed by atoms with E-state index >= 15 is 0 Å². The Labute approximate surface area is 140 Å². The average molecular weight is 327 g/mol. The molecular formula is C17H21N5O2. The van der Waals surface area contributed by atoms with Crippen LogP contribution in [0.4, 0.5) is 17.2 Å². The Bertz CT molecular complexity index is 918. The zero-order valence-corrected chi connectivity index (χ0v) is 14.5. The van der Waals surface area contributed by atoms with Crippen LogP contribution in [0.25, 0.3) is 0 Å².